The van der Waals surface area contributed by atoms with Gasteiger partial charge in [0.2, 0.25) is 0 Å². The van der Waals surface area contributed by atoms with Crippen LogP contribution in [0.15, 0.2) is 60.9 Å². The van der Waals surface area contributed by atoms with Crippen molar-refractivity contribution in [1.29, 1.82) is 0 Å². The van der Waals surface area contributed by atoms with E-state index in [1.807, 2.05) is 37.3 Å². The predicted octanol–water partition coefficient (Wildman–Crippen LogP) is 3.91. The molecule has 4 rings (SSSR count). The van der Waals surface area contributed by atoms with Crippen molar-refractivity contribution >= 4 is 50.9 Å². The van der Waals surface area contributed by atoms with Crippen LogP contribution in [-0.2, 0) is 16.1 Å². The summed E-state index contributed by atoms with van der Waals surface area (Å²) in [5.74, 6) is -1.50. The number of hydrogen-bond acceptors (Lipinski definition) is 8. The van der Waals surface area contributed by atoms with E-state index in [2.05, 4.69) is 20.6 Å². The number of aryl methyl sites for hydroxylation is 1. The fourth-order valence-electron chi connectivity index (χ4n) is 3.25. The maximum atomic E-state index is 12.7. The van der Waals surface area contributed by atoms with Crippen LogP contribution in [0.1, 0.15) is 31.2 Å². The minimum absolute atomic E-state index is 0.177. The summed E-state index contributed by atoms with van der Waals surface area (Å²) in [7, 11) is 0. The molecule has 0 bridgehead atoms. The third-order valence-electron chi connectivity index (χ3n) is 4.93. The summed E-state index contributed by atoms with van der Waals surface area (Å²) in [5.41, 5.74) is 2.60. The van der Waals surface area contributed by atoms with Crippen molar-refractivity contribution in [1.82, 2.24) is 15.3 Å². The number of carboxylic acids is 1. The molecule has 0 atom stereocenters. The number of hydrogen-bond donors (Lipinski definition) is 3. The molecule has 0 radical (unpaired) electrons. The number of aliphatic carboxylic acids is 1. The smallest absolute Gasteiger partial charge is 0.349 e. The Morgan fingerprint density at radius 2 is 1.76 bits per heavy atom. The summed E-state index contributed by atoms with van der Waals surface area (Å²) in [6, 6.07) is 16.0. The largest absolute Gasteiger partial charge is 0.480 e. The van der Waals surface area contributed by atoms with Gasteiger partial charge in [0.25, 0.3) is 5.91 Å². The van der Waals surface area contributed by atoms with Gasteiger partial charge in [0, 0.05) is 11.3 Å². The molecule has 172 valence electrons. The van der Waals surface area contributed by atoms with Crippen molar-refractivity contribution in [2.24, 2.45) is 0 Å². The van der Waals surface area contributed by atoms with Crippen molar-refractivity contribution in [3.8, 4) is 0 Å². The second kappa shape index (κ2) is 10.1. The number of nitrogens with one attached hydrogen (secondary N) is 2. The van der Waals surface area contributed by atoms with Crippen LogP contribution in [-0.4, -0.2) is 39.5 Å². The van der Waals surface area contributed by atoms with E-state index < -0.39 is 24.4 Å². The first-order valence-corrected chi connectivity index (χ1v) is 11.1. The summed E-state index contributed by atoms with van der Waals surface area (Å²) < 4.78 is 5.48. The number of thiophene rings is 1. The standard InChI is InChI=1S/C24H20N4O5S/c1-14-19-21(28-17-9-7-16(8-10-17)22(31)25-11-18(29)30)26-13-27-23(19)34-20(14)24(32)33-12-15-5-3-2-4-6-15/h2-10,13H,11-12H2,1H3,(H,25,31)(H,29,30)(H,26,27,28). The zero-order valence-electron chi connectivity index (χ0n) is 18.1. The van der Waals surface area contributed by atoms with Gasteiger partial charge in [-0.2, -0.15) is 0 Å². The van der Waals surface area contributed by atoms with Gasteiger partial charge in [0.05, 0.1) is 5.39 Å². The molecule has 3 N–H and O–H groups in total. The Morgan fingerprint density at radius 1 is 1.03 bits per heavy atom. The summed E-state index contributed by atoms with van der Waals surface area (Å²) in [4.78, 5) is 45.0. The van der Waals surface area contributed by atoms with Gasteiger partial charge in [-0.05, 0) is 42.3 Å². The van der Waals surface area contributed by atoms with Crippen molar-refractivity contribution in [3.05, 3.63) is 82.5 Å². The zero-order valence-corrected chi connectivity index (χ0v) is 18.9. The third kappa shape index (κ3) is 5.18. The summed E-state index contributed by atoms with van der Waals surface area (Å²) in [6.07, 6.45) is 1.41. The van der Waals surface area contributed by atoms with Gasteiger partial charge in [-0.15, -0.1) is 11.3 Å². The van der Waals surface area contributed by atoms with Crippen LogP contribution in [0.3, 0.4) is 0 Å². The van der Waals surface area contributed by atoms with Gasteiger partial charge in [-0.25, -0.2) is 14.8 Å². The zero-order chi connectivity index (χ0) is 24.1. The van der Waals surface area contributed by atoms with Crippen LogP contribution in [0, 0.1) is 6.92 Å². The summed E-state index contributed by atoms with van der Waals surface area (Å²) >= 11 is 1.24. The molecular weight excluding hydrogens is 456 g/mol. The molecule has 2 heterocycles. The van der Waals surface area contributed by atoms with E-state index in [4.69, 9.17) is 9.84 Å². The summed E-state index contributed by atoms with van der Waals surface area (Å²) in [5, 5.41) is 14.9. The molecule has 4 aromatic rings. The van der Waals surface area contributed by atoms with Crippen molar-refractivity contribution in [2.75, 3.05) is 11.9 Å². The minimum atomic E-state index is -1.12. The number of esters is 1. The highest BCUT2D eigenvalue weighted by Gasteiger charge is 2.20. The number of carboxylic acid groups (broad SMARTS) is 1. The van der Waals surface area contributed by atoms with E-state index in [1.54, 1.807) is 24.3 Å². The molecule has 0 saturated carbocycles. The highest BCUT2D eigenvalue weighted by molar-refractivity contribution is 7.20. The Morgan fingerprint density at radius 3 is 2.47 bits per heavy atom. The van der Waals surface area contributed by atoms with Gasteiger partial charge in [0.15, 0.2) is 0 Å². The molecule has 0 spiro atoms. The van der Waals surface area contributed by atoms with Crippen LogP contribution in [0.2, 0.25) is 0 Å². The molecule has 2 aromatic heterocycles. The highest BCUT2D eigenvalue weighted by Crippen LogP contribution is 2.35. The molecular formula is C24H20N4O5S. The Balaban J connectivity index is 1.51. The maximum absolute atomic E-state index is 12.7. The number of rotatable bonds is 8. The lowest BCUT2D eigenvalue weighted by molar-refractivity contribution is -0.135. The topological polar surface area (TPSA) is 131 Å². The van der Waals surface area contributed by atoms with Crippen LogP contribution >= 0.6 is 11.3 Å². The van der Waals surface area contributed by atoms with E-state index >= 15 is 0 Å². The number of nitrogens with zero attached hydrogens (tertiary/aromatic N) is 2. The molecule has 1 amide bonds. The molecule has 0 aliphatic heterocycles. The number of anilines is 2. The SMILES string of the molecule is Cc1c(C(=O)OCc2ccccc2)sc2ncnc(Nc3ccc(C(=O)NCC(=O)O)cc3)c12. The van der Waals surface area contributed by atoms with Crippen molar-refractivity contribution in [2.45, 2.75) is 13.5 Å². The Bertz CT molecular complexity index is 1350. The molecule has 9 nitrogen and oxygen atoms in total. The first-order valence-electron chi connectivity index (χ1n) is 10.2. The minimum Gasteiger partial charge on any atom is -0.480 e. The molecule has 0 aliphatic carbocycles. The average molecular weight is 477 g/mol. The van der Waals surface area contributed by atoms with Gasteiger partial charge in [-0.3, -0.25) is 9.59 Å². The Hall–Kier alpha value is -4.31. The van der Waals surface area contributed by atoms with E-state index in [9.17, 15) is 14.4 Å². The number of amides is 1. The van der Waals surface area contributed by atoms with Crippen LogP contribution < -0.4 is 10.6 Å². The Labute approximate surface area is 198 Å². The van der Waals surface area contributed by atoms with Gasteiger partial charge in [-0.1, -0.05) is 30.3 Å². The van der Waals surface area contributed by atoms with Gasteiger partial charge < -0.3 is 20.5 Å². The molecule has 0 fully saturated rings. The lowest BCUT2D eigenvalue weighted by Crippen LogP contribution is -2.29. The number of benzene rings is 2. The molecule has 2 aromatic carbocycles. The van der Waals surface area contributed by atoms with Gasteiger partial charge >= 0.3 is 11.9 Å². The maximum Gasteiger partial charge on any atom is 0.349 e. The van der Waals surface area contributed by atoms with Crippen LogP contribution in [0.5, 0.6) is 0 Å². The van der Waals surface area contributed by atoms with Crippen LogP contribution in [0.4, 0.5) is 11.5 Å². The summed E-state index contributed by atoms with van der Waals surface area (Å²) in [6.45, 7) is 1.55. The number of fused-ring (bicyclic) bond motifs is 1. The van der Waals surface area contributed by atoms with Crippen molar-refractivity contribution < 1.29 is 24.2 Å². The number of aromatic nitrogens is 2. The lowest BCUT2D eigenvalue weighted by Gasteiger charge is -2.09. The monoisotopic (exact) mass is 476 g/mol. The molecule has 0 aliphatic rings. The number of carbonyl (C=O) groups is 3. The third-order valence-corrected chi connectivity index (χ3v) is 6.11. The van der Waals surface area contributed by atoms with E-state index in [0.29, 0.717) is 37.7 Å². The molecule has 10 heteroatoms. The first-order chi connectivity index (χ1) is 16.4. The lowest BCUT2D eigenvalue weighted by atomic mass is 10.1. The average Bonchev–Trinajstić information content (AvgIpc) is 3.19. The molecule has 0 saturated heterocycles. The number of carbonyl (C=O) groups excluding carboxylic acids is 2. The van der Waals surface area contributed by atoms with E-state index in [-0.39, 0.29) is 6.61 Å². The van der Waals surface area contributed by atoms with Gasteiger partial charge in [0.1, 0.15) is 35.0 Å². The quantitative estimate of drug-likeness (QED) is 0.326. The molecule has 34 heavy (non-hydrogen) atoms. The van der Waals surface area contributed by atoms with E-state index in [0.717, 1.165) is 5.56 Å². The fourth-order valence-corrected chi connectivity index (χ4v) is 4.29. The second-order valence-corrected chi connectivity index (χ2v) is 8.30. The van der Waals surface area contributed by atoms with Crippen LogP contribution in [0.25, 0.3) is 10.2 Å². The first kappa shape index (κ1) is 22.9. The predicted molar refractivity (Wildman–Crippen MR) is 127 cm³/mol. The Kier molecular flexibility index (Phi) is 6.79. The highest BCUT2D eigenvalue weighted by atomic mass is 32.1. The van der Waals surface area contributed by atoms with E-state index in [1.165, 1.54) is 17.7 Å². The number of ether oxygens (including phenoxy) is 1. The van der Waals surface area contributed by atoms with Crippen molar-refractivity contribution in [3.63, 3.8) is 0 Å². The molecule has 0 unspecified atom stereocenters. The second-order valence-electron chi connectivity index (χ2n) is 7.30. The normalized spacial score (nSPS) is 10.6. The fraction of sp³-hybridized carbons (Fsp3) is 0.125.